The summed E-state index contributed by atoms with van der Waals surface area (Å²) >= 11 is 0. The molecule has 0 aliphatic carbocycles. The number of alkyl halides is 3. The summed E-state index contributed by atoms with van der Waals surface area (Å²) in [4.78, 5) is -0.233. The number of rotatable bonds is 3. The molecule has 0 radical (unpaired) electrons. The average Bonchev–Trinajstić information content (AvgIpc) is 2.54. The van der Waals surface area contributed by atoms with Crippen molar-refractivity contribution >= 4 is 26.5 Å². The largest absolute Gasteiger partial charge is 0.416 e. The molecule has 0 unspecified atom stereocenters. The van der Waals surface area contributed by atoms with Crippen LogP contribution in [0.2, 0.25) is 0 Å². The molecule has 24 heavy (non-hydrogen) atoms. The third-order valence-electron chi connectivity index (χ3n) is 3.49. The van der Waals surface area contributed by atoms with E-state index in [1.807, 2.05) is 24.3 Å². The minimum Gasteiger partial charge on any atom is -0.280 e. The lowest BCUT2D eigenvalue weighted by molar-refractivity contribution is -0.137. The fourth-order valence-electron chi connectivity index (χ4n) is 2.29. The summed E-state index contributed by atoms with van der Waals surface area (Å²) in [5.74, 6) is 0. The first-order valence-corrected chi connectivity index (χ1v) is 8.43. The van der Waals surface area contributed by atoms with Gasteiger partial charge in [-0.2, -0.15) is 13.2 Å². The third kappa shape index (κ3) is 3.35. The van der Waals surface area contributed by atoms with Gasteiger partial charge >= 0.3 is 6.18 Å². The average molecular weight is 351 g/mol. The molecule has 3 aromatic rings. The molecule has 124 valence electrons. The Balaban J connectivity index is 1.89. The van der Waals surface area contributed by atoms with Crippen LogP contribution in [0.25, 0.3) is 10.8 Å². The SMILES string of the molecule is O=S(=O)(Nc1ccc2ccccc2c1)c1ccc(C(F)(F)F)cc1. The van der Waals surface area contributed by atoms with E-state index in [9.17, 15) is 21.6 Å². The van der Waals surface area contributed by atoms with Gasteiger partial charge in [-0.05, 0) is 47.2 Å². The van der Waals surface area contributed by atoms with Gasteiger partial charge in [-0.3, -0.25) is 4.72 Å². The predicted molar refractivity (Wildman–Crippen MR) is 86.2 cm³/mol. The maximum Gasteiger partial charge on any atom is 0.416 e. The molecule has 3 rings (SSSR count). The second-order valence-corrected chi connectivity index (χ2v) is 6.87. The Bertz CT molecular complexity index is 981. The third-order valence-corrected chi connectivity index (χ3v) is 4.89. The summed E-state index contributed by atoms with van der Waals surface area (Å²) in [5.41, 5.74) is -0.555. The fourth-order valence-corrected chi connectivity index (χ4v) is 3.34. The molecule has 1 N–H and O–H groups in total. The van der Waals surface area contributed by atoms with Gasteiger partial charge in [0.2, 0.25) is 0 Å². The van der Waals surface area contributed by atoms with Crippen molar-refractivity contribution in [3.05, 3.63) is 72.3 Å². The first-order valence-electron chi connectivity index (χ1n) is 6.95. The van der Waals surface area contributed by atoms with E-state index in [1.54, 1.807) is 18.2 Å². The van der Waals surface area contributed by atoms with E-state index < -0.39 is 21.8 Å². The van der Waals surface area contributed by atoms with E-state index in [-0.39, 0.29) is 4.90 Å². The summed E-state index contributed by atoms with van der Waals surface area (Å²) in [5, 5.41) is 1.81. The second kappa shape index (κ2) is 5.83. The van der Waals surface area contributed by atoms with E-state index in [4.69, 9.17) is 0 Å². The van der Waals surface area contributed by atoms with Crippen molar-refractivity contribution in [2.45, 2.75) is 11.1 Å². The van der Waals surface area contributed by atoms with Gasteiger partial charge in [-0.15, -0.1) is 0 Å². The monoisotopic (exact) mass is 351 g/mol. The molecule has 3 nitrogen and oxygen atoms in total. The number of hydrogen-bond acceptors (Lipinski definition) is 2. The number of anilines is 1. The summed E-state index contributed by atoms with van der Waals surface area (Å²) < 4.78 is 64.6. The maximum atomic E-state index is 12.5. The molecule has 0 aliphatic rings. The molecule has 7 heteroatoms. The highest BCUT2D eigenvalue weighted by molar-refractivity contribution is 7.92. The number of fused-ring (bicyclic) bond motifs is 1. The summed E-state index contributed by atoms with van der Waals surface area (Å²) in [6, 6.07) is 15.8. The van der Waals surface area contributed by atoms with Crippen molar-refractivity contribution in [1.29, 1.82) is 0 Å². The van der Waals surface area contributed by atoms with Gasteiger partial charge in [0, 0.05) is 5.69 Å². The van der Waals surface area contributed by atoms with E-state index >= 15 is 0 Å². The fraction of sp³-hybridized carbons (Fsp3) is 0.0588. The van der Waals surface area contributed by atoms with Crippen LogP contribution in [0.3, 0.4) is 0 Å². The molecule has 0 fully saturated rings. The first-order chi connectivity index (χ1) is 11.3. The molecule has 0 amide bonds. The van der Waals surface area contributed by atoms with Crippen molar-refractivity contribution < 1.29 is 21.6 Å². The van der Waals surface area contributed by atoms with Crippen molar-refractivity contribution in [3.8, 4) is 0 Å². The van der Waals surface area contributed by atoms with Crippen LogP contribution in [0.1, 0.15) is 5.56 Å². The lowest BCUT2D eigenvalue weighted by Crippen LogP contribution is -2.13. The van der Waals surface area contributed by atoms with E-state index in [0.29, 0.717) is 5.69 Å². The van der Waals surface area contributed by atoms with Gasteiger partial charge in [0.15, 0.2) is 0 Å². The van der Waals surface area contributed by atoms with E-state index in [0.717, 1.165) is 35.0 Å². The minimum atomic E-state index is -4.51. The van der Waals surface area contributed by atoms with Crippen LogP contribution in [-0.4, -0.2) is 8.42 Å². The molecule has 0 bridgehead atoms. The van der Waals surface area contributed by atoms with Crippen LogP contribution < -0.4 is 4.72 Å². The Kier molecular flexibility index (Phi) is 3.96. The smallest absolute Gasteiger partial charge is 0.280 e. The van der Waals surface area contributed by atoms with Crippen molar-refractivity contribution in [3.63, 3.8) is 0 Å². The Morgan fingerprint density at radius 3 is 2.04 bits per heavy atom. The van der Waals surface area contributed by atoms with Crippen LogP contribution in [-0.2, 0) is 16.2 Å². The van der Waals surface area contributed by atoms with Gasteiger partial charge in [0.25, 0.3) is 10.0 Å². The second-order valence-electron chi connectivity index (χ2n) is 5.19. The number of benzene rings is 3. The van der Waals surface area contributed by atoms with Gasteiger partial charge in [-0.25, -0.2) is 8.42 Å². The van der Waals surface area contributed by atoms with Crippen molar-refractivity contribution in [1.82, 2.24) is 0 Å². The molecular formula is C17H12F3NO2S. The van der Waals surface area contributed by atoms with Gasteiger partial charge in [-0.1, -0.05) is 30.3 Å². The topological polar surface area (TPSA) is 46.2 Å². The van der Waals surface area contributed by atoms with Crippen molar-refractivity contribution in [2.75, 3.05) is 4.72 Å². The first kappa shape index (κ1) is 16.3. The minimum absolute atomic E-state index is 0.233. The van der Waals surface area contributed by atoms with E-state index in [1.165, 1.54) is 0 Å². The zero-order valence-corrected chi connectivity index (χ0v) is 13.0. The molecule has 0 aliphatic heterocycles. The van der Waals surface area contributed by atoms with Gasteiger partial charge in [0.1, 0.15) is 0 Å². The molecule has 0 atom stereocenters. The molecular weight excluding hydrogens is 339 g/mol. The number of hydrogen-bond donors (Lipinski definition) is 1. The summed E-state index contributed by atoms with van der Waals surface area (Å²) in [6.45, 7) is 0. The van der Waals surface area contributed by atoms with Crippen LogP contribution in [0, 0.1) is 0 Å². The highest BCUT2D eigenvalue weighted by Gasteiger charge is 2.30. The van der Waals surface area contributed by atoms with E-state index in [2.05, 4.69) is 4.72 Å². The predicted octanol–water partition coefficient (Wildman–Crippen LogP) is 4.66. The Hall–Kier alpha value is -2.54. The highest BCUT2D eigenvalue weighted by atomic mass is 32.2. The summed E-state index contributed by atoms with van der Waals surface area (Å²) in [7, 11) is -3.96. The van der Waals surface area contributed by atoms with Crippen LogP contribution in [0.15, 0.2) is 71.6 Å². The molecule has 0 spiro atoms. The zero-order valence-electron chi connectivity index (χ0n) is 12.2. The van der Waals surface area contributed by atoms with Gasteiger partial charge in [0.05, 0.1) is 10.5 Å². The molecule has 0 heterocycles. The van der Waals surface area contributed by atoms with Crippen LogP contribution in [0.4, 0.5) is 18.9 Å². The molecule has 0 aromatic heterocycles. The maximum absolute atomic E-state index is 12.5. The Morgan fingerprint density at radius 1 is 0.792 bits per heavy atom. The lowest BCUT2D eigenvalue weighted by atomic mass is 10.1. The number of sulfonamides is 1. The Labute approximate surface area is 136 Å². The molecule has 0 saturated heterocycles. The quantitative estimate of drug-likeness (QED) is 0.746. The molecule has 0 saturated carbocycles. The molecule has 3 aromatic carbocycles. The Morgan fingerprint density at radius 2 is 1.42 bits per heavy atom. The zero-order chi connectivity index (χ0) is 17.4. The lowest BCUT2D eigenvalue weighted by Gasteiger charge is -2.11. The standard InChI is InChI=1S/C17H12F3NO2S/c18-17(19,20)14-6-9-16(10-7-14)24(22,23)21-15-8-5-12-3-1-2-4-13(12)11-15/h1-11,21H. The van der Waals surface area contributed by atoms with Crippen molar-refractivity contribution in [2.24, 2.45) is 0 Å². The number of halogens is 3. The normalized spacial score (nSPS) is 12.3. The number of nitrogens with one attached hydrogen (secondary N) is 1. The summed E-state index contributed by atoms with van der Waals surface area (Å²) in [6.07, 6.45) is -4.51. The van der Waals surface area contributed by atoms with Crippen LogP contribution in [0.5, 0.6) is 0 Å². The van der Waals surface area contributed by atoms with Gasteiger partial charge < -0.3 is 0 Å². The van der Waals surface area contributed by atoms with Crippen LogP contribution >= 0.6 is 0 Å². The highest BCUT2D eigenvalue weighted by Crippen LogP contribution is 2.30.